The standard InChI is InChI=1S/C13H11Cl2NO/c14-7-1-2-8(10(15)5-7)12-3-4-13(17-12)9-6-11(9)16/h1-5,9,11H,6,16H2. The molecule has 1 saturated carbocycles. The van der Waals surface area contributed by atoms with Crippen LogP contribution in [0.5, 0.6) is 0 Å². The zero-order valence-corrected chi connectivity index (χ0v) is 10.5. The van der Waals surface area contributed by atoms with Crippen molar-refractivity contribution in [2.75, 3.05) is 0 Å². The molecule has 1 aliphatic rings. The molecule has 1 fully saturated rings. The van der Waals surface area contributed by atoms with Gasteiger partial charge in [-0.1, -0.05) is 23.2 Å². The highest BCUT2D eigenvalue weighted by Crippen LogP contribution is 2.42. The van der Waals surface area contributed by atoms with Gasteiger partial charge in [0, 0.05) is 22.5 Å². The first-order valence-corrected chi connectivity index (χ1v) is 6.21. The van der Waals surface area contributed by atoms with E-state index in [-0.39, 0.29) is 6.04 Å². The van der Waals surface area contributed by atoms with Gasteiger partial charge in [-0.25, -0.2) is 0 Å². The Bertz CT molecular complexity index is 564. The van der Waals surface area contributed by atoms with Crippen molar-refractivity contribution in [3.63, 3.8) is 0 Å². The van der Waals surface area contributed by atoms with Gasteiger partial charge in [0.25, 0.3) is 0 Å². The van der Waals surface area contributed by atoms with E-state index in [1.54, 1.807) is 12.1 Å². The van der Waals surface area contributed by atoms with Crippen LogP contribution in [0.2, 0.25) is 10.0 Å². The fourth-order valence-electron chi connectivity index (χ4n) is 1.93. The van der Waals surface area contributed by atoms with Crippen molar-refractivity contribution in [1.29, 1.82) is 0 Å². The number of benzene rings is 1. The van der Waals surface area contributed by atoms with Crippen molar-refractivity contribution in [3.05, 3.63) is 46.1 Å². The van der Waals surface area contributed by atoms with Crippen LogP contribution in [-0.2, 0) is 0 Å². The third-order valence-corrected chi connectivity index (χ3v) is 3.58. The summed E-state index contributed by atoms with van der Waals surface area (Å²) in [7, 11) is 0. The lowest BCUT2D eigenvalue weighted by molar-refractivity contribution is 0.522. The normalized spacial score (nSPS) is 22.8. The average molecular weight is 268 g/mol. The van der Waals surface area contributed by atoms with Crippen molar-refractivity contribution >= 4 is 23.2 Å². The first-order valence-electron chi connectivity index (χ1n) is 5.46. The maximum Gasteiger partial charge on any atom is 0.135 e. The Balaban J connectivity index is 1.95. The Morgan fingerprint density at radius 3 is 2.59 bits per heavy atom. The lowest BCUT2D eigenvalue weighted by Gasteiger charge is -2.01. The van der Waals surface area contributed by atoms with E-state index in [1.165, 1.54) is 0 Å². The van der Waals surface area contributed by atoms with E-state index in [1.807, 2.05) is 18.2 Å². The largest absolute Gasteiger partial charge is 0.461 e. The number of halogens is 2. The second-order valence-corrected chi connectivity index (χ2v) is 5.18. The molecule has 4 heteroatoms. The zero-order chi connectivity index (χ0) is 12.0. The van der Waals surface area contributed by atoms with E-state index >= 15 is 0 Å². The van der Waals surface area contributed by atoms with Crippen molar-refractivity contribution in [3.8, 4) is 11.3 Å². The molecule has 88 valence electrons. The van der Waals surface area contributed by atoms with Crippen LogP contribution in [0.25, 0.3) is 11.3 Å². The van der Waals surface area contributed by atoms with Gasteiger partial charge in [-0.05, 0) is 36.8 Å². The molecule has 2 N–H and O–H groups in total. The van der Waals surface area contributed by atoms with Crippen molar-refractivity contribution in [2.45, 2.75) is 18.4 Å². The number of hydrogen-bond acceptors (Lipinski definition) is 2. The molecule has 1 heterocycles. The maximum absolute atomic E-state index is 6.13. The molecule has 0 amide bonds. The summed E-state index contributed by atoms with van der Waals surface area (Å²) >= 11 is 12.0. The molecule has 0 saturated heterocycles. The van der Waals surface area contributed by atoms with Gasteiger partial charge in [0.2, 0.25) is 0 Å². The highest BCUT2D eigenvalue weighted by molar-refractivity contribution is 6.36. The number of hydrogen-bond donors (Lipinski definition) is 1. The summed E-state index contributed by atoms with van der Waals surface area (Å²) in [5, 5.41) is 1.22. The molecule has 3 rings (SSSR count). The summed E-state index contributed by atoms with van der Waals surface area (Å²) in [6.45, 7) is 0. The van der Waals surface area contributed by atoms with Gasteiger partial charge in [-0.15, -0.1) is 0 Å². The quantitative estimate of drug-likeness (QED) is 0.891. The predicted octanol–water partition coefficient (Wildman–Crippen LogP) is 4.07. The molecule has 1 aliphatic carbocycles. The van der Waals surface area contributed by atoms with E-state index in [9.17, 15) is 0 Å². The third-order valence-electron chi connectivity index (χ3n) is 3.03. The van der Waals surface area contributed by atoms with Gasteiger partial charge in [0.05, 0.1) is 5.02 Å². The molecule has 0 bridgehead atoms. The summed E-state index contributed by atoms with van der Waals surface area (Å²) in [4.78, 5) is 0. The number of rotatable bonds is 2. The second-order valence-electron chi connectivity index (χ2n) is 4.33. The molecule has 2 atom stereocenters. The molecular formula is C13H11Cl2NO. The Morgan fingerprint density at radius 1 is 1.18 bits per heavy atom. The molecule has 0 spiro atoms. The molecule has 1 aromatic carbocycles. The minimum absolute atomic E-state index is 0.245. The van der Waals surface area contributed by atoms with Crippen LogP contribution < -0.4 is 5.73 Å². The van der Waals surface area contributed by atoms with Gasteiger partial charge in [0.1, 0.15) is 11.5 Å². The second kappa shape index (κ2) is 4.05. The van der Waals surface area contributed by atoms with E-state index < -0.39 is 0 Å². The highest BCUT2D eigenvalue weighted by atomic mass is 35.5. The smallest absolute Gasteiger partial charge is 0.135 e. The molecular weight excluding hydrogens is 257 g/mol. The molecule has 2 nitrogen and oxygen atoms in total. The van der Waals surface area contributed by atoms with E-state index in [2.05, 4.69) is 0 Å². The van der Waals surface area contributed by atoms with Gasteiger partial charge >= 0.3 is 0 Å². The molecule has 2 aromatic rings. The Kier molecular flexibility index (Phi) is 2.66. The van der Waals surface area contributed by atoms with E-state index in [0.29, 0.717) is 16.0 Å². The van der Waals surface area contributed by atoms with Crippen LogP contribution in [0.3, 0.4) is 0 Å². The summed E-state index contributed by atoms with van der Waals surface area (Å²) in [6.07, 6.45) is 1.00. The monoisotopic (exact) mass is 267 g/mol. The predicted molar refractivity (Wildman–Crippen MR) is 69.5 cm³/mol. The summed E-state index contributed by atoms with van der Waals surface area (Å²) in [6, 6.07) is 9.51. The minimum atomic E-state index is 0.245. The Labute approximate surface area is 109 Å². The molecule has 17 heavy (non-hydrogen) atoms. The summed E-state index contributed by atoms with van der Waals surface area (Å²) < 4.78 is 5.78. The van der Waals surface area contributed by atoms with Crippen molar-refractivity contribution < 1.29 is 4.42 Å². The fourth-order valence-corrected chi connectivity index (χ4v) is 2.43. The van der Waals surface area contributed by atoms with Gasteiger partial charge in [0.15, 0.2) is 0 Å². The molecule has 2 unspecified atom stereocenters. The van der Waals surface area contributed by atoms with Crippen LogP contribution in [-0.4, -0.2) is 6.04 Å². The minimum Gasteiger partial charge on any atom is -0.461 e. The van der Waals surface area contributed by atoms with Crippen LogP contribution in [0.1, 0.15) is 18.1 Å². The average Bonchev–Trinajstić information content (AvgIpc) is 2.83. The van der Waals surface area contributed by atoms with Crippen LogP contribution in [0.4, 0.5) is 0 Å². The molecule has 0 radical (unpaired) electrons. The lowest BCUT2D eigenvalue weighted by Crippen LogP contribution is -2.00. The van der Waals surface area contributed by atoms with Gasteiger partial charge < -0.3 is 10.2 Å². The Morgan fingerprint density at radius 2 is 1.94 bits per heavy atom. The van der Waals surface area contributed by atoms with Crippen LogP contribution in [0.15, 0.2) is 34.7 Å². The third kappa shape index (κ3) is 2.08. The first kappa shape index (κ1) is 11.1. The van der Waals surface area contributed by atoms with E-state index in [4.69, 9.17) is 33.4 Å². The Hall–Kier alpha value is -0.960. The van der Waals surface area contributed by atoms with Crippen LogP contribution >= 0.6 is 23.2 Å². The fraction of sp³-hybridized carbons (Fsp3) is 0.231. The van der Waals surface area contributed by atoms with Crippen molar-refractivity contribution in [2.24, 2.45) is 5.73 Å². The lowest BCUT2D eigenvalue weighted by atomic mass is 10.2. The van der Waals surface area contributed by atoms with Gasteiger partial charge in [-0.2, -0.15) is 0 Å². The van der Waals surface area contributed by atoms with E-state index in [0.717, 1.165) is 23.5 Å². The summed E-state index contributed by atoms with van der Waals surface area (Å²) in [5.74, 6) is 2.08. The highest BCUT2D eigenvalue weighted by Gasteiger charge is 2.37. The van der Waals surface area contributed by atoms with Crippen LogP contribution in [0, 0.1) is 0 Å². The number of nitrogens with two attached hydrogens (primary N) is 1. The van der Waals surface area contributed by atoms with Crippen molar-refractivity contribution in [1.82, 2.24) is 0 Å². The zero-order valence-electron chi connectivity index (χ0n) is 8.99. The molecule has 1 aromatic heterocycles. The van der Waals surface area contributed by atoms with Gasteiger partial charge in [-0.3, -0.25) is 0 Å². The topological polar surface area (TPSA) is 39.2 Å². The SMILES string of the molecule is NC1CC1c1ccc(-c2ccc(Cl)cc2Cl)o1. The molecule has 0 aliphatic heterocycles. The first-order chi connectivity index (χ1) is 8.15. The maximum atomic E-state index is 6.13. The summed E-state index contributed by atoms with van der Waals surface area (Å²) in [5.41, 5.74) is 6.65. The number of furan rings is 1.